The number of pyridine rings is 1. The molecule has 0 amide bonds. The Balaban J connectivity index is 1.50. The number of Topliss-reactive ketones (excluding diaryl/α,β-unsaturated/α-hetero) is 1. The van der Waals surface area contributed by atoms with Crippen molar-refractivity contribution in [1.29, 1.82) is 5.41 Å². The number of nitrogens with zero attached hydrogens (tertiary/aromatic N) is 2. The smallest absolute Gasteiger partial charge is 0.194 e. The first-order valence-corrected chi connectivity index (χ1v) is 12.6. The topological polar surface area (TPSA) is 69.1 Å². The van der Waals surface area contributed by atoms with Crippen LogP contribution in [0.4, 0.5) is 23.2 Å². The van der Waals surface area contributed by atoms with Crippen molar-refractivity contribution in [3.8, 4) is 0 Å². The minimum absolute atomic E-state index is 0.173. The van der Waals surface area contributed by atoms with E-state index in [0.717, 1.165) is 29.7 Å². The fraction of sp³-hybridized carbons (Fsp3) is 0.179. The van der Waals surface area contributed by atoms with Crippen LogP contribution in [0.1, 0.15) is 23.3 Å². The van der Waals surface area contributed by atoms with Gasteiger partial charge in [-0.2, -0.15) is 0 Å². The Morgan fingerprint density at radius 1 is 1.08 bits per heavy atom. The third-order valence-electron chi connectivity index (χ3n) is 6.67. The van der Waals surface area contributed by atoms with Gasteiger partial charge in [0.15, 0.2) is 23.2 Å². The summed E-state index contributed by atoms with van der Waals surface area (Å²) in [7, 11) is 0. The SMILES string of the molecule is N=CC1=C(Nc2ccc(F)cc2)C=C2CCN(Sc3cc(F)c(F)c(F)c3)C[C@@]2(C(=O)c2ccccn2)C1. The molecule has 0 radical (unpaired) electrons. The van der Waals surface area contributed by atoms with Gasteiger partial charge in [-0.3, -0.25) is 9.78 Å². The van der Waals surface area contributed by atoms with E-state index < -0.39 is 22.9 Å². The van der Waals surface area contributed by atoms with Crippen LogP contribution in [0, 0.1) is 34.1 Å². The number of anilines is 1. The molecule has 1 aromatic heterocycles. The van der Waals surface area contributed by atoms with E-state index in [1.165, 1.54) is 24.5 Å². The van der Waals surface area contributed by atoms with Crippen molar-refractivity contribution in [2.75, 3.05) is 18.4 Å². The molecule has 1 fully saturated rings. The predicted octanol–water partition coefficient (Wildman–Crippen LogP) is 6.57. The Bertz CT molecular complexity index is 1440. The second-order valence-corrected chi connectivity index (χ2v) is 10.3. The highest BCUT2D eigenvalue weighted by atomic mass is 32.2. The largest absolute Gasteiger partial charge is 0.355 e. The molecule has 3 aromatic rings. The van der Waals surface area contributed by atoms with Crippen molar-refractivity contribution in [2.45, 2.75) is 17.7 Å². The molecule has 0 unspecified atom stereocenters. The lowest BCUT2D eigenvalue weighted by atomic mass is 9.65. The van der Waals surface area contributed by atoms with Crippen LogP contribution in [0.15, 0.2) is 88.6 Å². The van der Waals surface area contributed by atoms with E-state index in [2.05, 4.69) is 10.3 Å². The second-order valence-electron chi connectivity index (χ2n) is 9.09. The number of piperidine rings is 1. The normalized spacial score (nSPS) is 19.5. The Morgan fingerprint density at radius 3 is 2.47 bits per heavy atom. The summed E-state index contributed by atoms with van der Waals surface area (Å²) in [5.41, 5.74) is 1.84. The number of ketones is 1. The molecule has 1 saturated heterocycles. The number of benzene rings is 2. The first-order valence-electron chi connectivity index (χ1n) is 11.8. The van der Waals surface area contributed by atoms with Crippen molar-refractivity contribution in [1.82, 2.24) is 9.29 Å². The van der Waals surface area contributed by atoms with Gasteiger partial charge in [-0.15, -0.1) is 0 Å². The molecule has 0 bridgehead atoms. The highest BCUT2D eigenvalue weighted by Crippen LogP contribution is 2.48. The zero-order chi connectivity index (χ0) is 26.9. The molecule has 2 heterocycles. The summed E-state index contributed by atoms with van der Waals surface area (Å²) in [6.45, 7) is 0.638. The van der Waals surface area contributed by atoms with Crippen molar-refractivity contribution in [2.24, 2.45) is 5.41 Å². The van der Waals surface area contributed by atoms with Crippen molar-refractivity contribution in [3.05, 3.63) is 113 Å². The molecule has 5 rings (SSSR count). The van der Waals surface area contributed by atoms with Crippen LogP contribution in [-0.4, -0.2) is 34.4 Å². The van der Waals surface area contributed by atoms with Gasteiger partial charge < -0.3 is 10.7 Å². The lowest BCUT2D eigenvalue weighted by Crippen LogP contribution is -2.49. The van der Waals surface area contributed by atoms with E-state index in [9.17, 15) is 22.4 Å². The number of hydrogen-bond donors (Lipinski definition) is 2. The third-order valence-corrected chi connectivity index (χ3v) is 7.69. The summed E-state index contributed by atoms with van der Waals surface area (Å²) in [5.74, 6) is -4.70. The molecule has 2 aliphatic rings. The molecular weight excluding hydrogens is 516 g/mol. The summed E-state index contributed by atoms with van der Waals surface area (Å²) in [5, 5.41) is 11.3. The molecule has 0 spiro atoms. The minimum atomic E-state index is -1.53. The molecule has 194 valence electrons. The zero-order valence-electron chi connectivity index (χ0n) is 20.0. The van der Waals surface area contributed by atoms with Gasteiger partial charge >= 0.3 is 0 Å². The van der Waals surface area contributed by atoms with Gasteiger partial charge in [-0.1, -0.05) is 11.6 Å². The van der Waals surface area contributed by atoms with E-state index >= 15 is 0 Å². The Labute approximate surface area is 220 Å². The number of carbonyl (C=O) groups is 1. The van der Waals surface area contributed by atoms with E-state index in [1.54, 1.807) is 30.3 Å². The van der Waals surface area contributed by atoms with E-state index in [-0.39, 0.29) is 35.2 Å². The molecule has 2 N–H and O–H groups in total. The maximum atomic E-state index is 14.0. The first kappa shape index (κ1) is 25.9. The third kappa shape index (κ3) is 5.01. The van der Waals surface area contributed by atoms with Gasteiger partial charge in [0, 0.05) is 41.8 Å². The predicted molar refractivity (Wildman–Crippen MR) is 138 cm³/mol. The summed E-state index contributed by atoms with van der Waals surface area (Å²) in [6.07, 6.45) is 5.21. The minimum Gasteiger partial charge on any atom is -0.355 e. The first-order chi connectivity index (χ1) is 18.3. The Hall–Kier alpha value is -3.76. The van der Waals surface area contributed by atoms with Gasteiger partial charge in [0.2, 0.25) is 0 Å². The second kappa shape index (κ2) is 10.5. The number of rotatable bonds is 7. The number of carbonyl (C=O) groups excluding carboxylic acids is 1. The molecule has 1 aliphatic carbocycles. The van der Waals surface area contributed by atoms with E-state index in [1.807, 2.05) is 10.4 Å². The van der Waals surface area contributed by atoms with E-state index in [0.29, 0.717) is 29.9 Å². The highest BCUT2D eigenvalue weighted by molar-refractivity contribution is 7.97. The standard InChI is InChI=1S/C28H22F4N4OS/c29-19-4-6-20(7-5-19)35-25-11-18-8-10-36(38-21-12-22(30)26(32)23(31)13-21)16-28(18,14-17(25)15-33)27(37)24-3-1-2-9-34-24/h1-7,9,11-13,15,33,35H,8,10,14,16H2/t28-/m0/s1. The fourth-order valence-electron chi connectivity index (χ4n) is 4.82. The van der Waals surface area contributed by atoms with E-state index in [4.69, 9.17) is 5.41 Å². The van der Waals surface area contributed by atoms with Gasteiger partial charge in [-0.05, 0) is 85.0 Å². The average Bonchev–Trinajstić information content (AvgIpc) is 2.92. The lowest BCUT2D eigenvalue weighted by molar-refractivity contribution is 0.0775. The van der Waals surface area contributed by atoms with Gasteiger partial charge in [0.05, 0.1) is 5.41 Å². The fourth-order valence-corrected chi connectivity index (χ4v) is 5.90. The summed E-state index contributed by atoms with van der Waals surface area (Å²) in [4.78, 5) is 18.4. The lowest BCUT2D eigenvalue weighted by Gasteiger charge is -2.45. The molecule has 2 aromatic carbocycles. The molecule has 5 nitrogen and oxygen atoms in total. The number of aromatic nitrogens is 1. The zero-order valence-corrected chi connectivity index (χ0v) is 20.8. The summed E-state index contributed by atoms with van der Waals surface area (Å²) >= 11 is 1.04. The number of nitrogens with one attached hydrogen (secondary N) is 2. The van der Waals surface area contributed by atoms with Gasteiger partial charge in [-0.25, -0.2) is 21.9 Å². The molecule has 1 atom stereocenters. The maximum Gasteiger partial charge on any atom is 0.194 e. The van der Waals surface area contributed by atoms with Crippen molar-refractivity contribution in [3.63, 3.8) is 0 Å². The number of allylic oxidation sites excluding steroid dienone is 2. The number of fused-ring (bicyclic) bond motifs is 1. The monoisotopic (exact) mass is 538 g/mol. The van der Waals surface area contributed by atoms with Crippen LogP contribution in [0.5, 0.6) is 0 Å². The van der Waals surface area contributed by atoms with Crippen LogP contribution in [-0.2, 0) is 0 Å². The average molecular weight is 539 g/mol. The Morgan fingerprint density at radius 2 is 1.82 bits per heavy atom. The van der Waals surface area contributed by atoms with Crippen LogP contribution in [0.2, 0.25) is 0 Å². The van der Waals surface area contributed by atoms with Crippen LogP contribution in [0.3, 0.4) is 0 Å². The van der Waals surface area contributed by atoms with Crippen LogP contribution >= 0.6 is 11.9 Å². The quantitative estimate of drug-likeness (QED) is 0.117. The molecule has 1 aliphatic heterocycles. The van der Waals surface area contributed by atoms with Crippen LogP contribution in [0.25, 0.3) is 0 Å². The molecular formula is C28H22F4N4OS. The Kier molecular flexibility index (Phi) is 7.18. The number of halogens is 4. The molecule has 38 heavy (non-hydrogen) atoms. The summed E-state index contributed by atoms with van der Waals surface area (Å²) < 4.78 is 56.4. The number of hydrogen-bond acceptors (Lipinski definition) is 6. The highest BCUT2D eigenvalue weighted by Gasteiger charge is 2.49. The van der Waals surface area contributed by atoms with Crippen molar-refractivity contribution < 1.29 is 22.4 Å². The molecule has 0 saturated carbocycles. The van der Waals surface area contributed by atoms with Gasteiger partial charge in [0.25, 0.3) is 0 Å². The maximum absolute atomic E-state index is 14.0. The van der Waals surface area contributed by atoms with Crippen LogP contribution < -0.4 is 5.32 Å². The summed E-state index contributed by atoms with van der Waals surface area (Å²) in [6, 6.07) is 12.7. The van der Waals surface area contributed by atoms with Gasteiger partial charge in [0.1, 0.15) is 11.5 Å². The van der Waals surface area contributed by atoms with Crippen molar-refractivity contribution >= 4 is 29.6 Å². The molecule has 10 heteroatoms.